The average Bonchev–Trinajstić information content (AvgIpc) is 2.64. The van der Waals surface area contributed by atoms with Crippen LogP contribution in [0.15, 0.2) is 24.3 Å². The van der Waals surface area contributed by atoms with Crippen molar-refractivity contribution in [1.82, 2.24) is 9.78 Å². The number of hydrogen-bond donors (Lipinski definition) is 0. The van der Waals surface area contributed by atoms with Gasteiger partial charge in [0.2, 0.25) is 0 Å². The third-order valence-corrected chi connectivity index (χ3v) is 4.81. The van der Waals surface area contributed by atoms with E-state index < -0.39 is 0 Å². The van der Waals surface area contributed by atoms with Crippen LogP contribution in [-0.4, -0.2) is 15.6 Å². The summed E-state index contributed by atoms with van der Waals surface area (Å²) in [7, 11) is 1.92. The second-order valence-corrected chi connectivity index (χ2v) is 6.12. The Bertz CT molecular complexity index is 663. The first-order valence-corrected chi connectivity index (χ1v) is 7.68. The predicted molar refractivity (Wildman–Crippen MR) is 83.8 cm³/mol. The van der Waals surface area contributed by atoms with Gasteiger partial charge in [0, 0.05) is 30.3 Å². The molecule has 0 unspecified atom stereocenters. The summed E-state index contributed by atoms with van der Waals surface area (Å²) in [5, 5.41) is 4.38. The van der Waals surface area contributed by atoms with Crippen molar-refractivity contribution in [1.29, 1.82) is 0 Å². The molecule has 0 bridgehead atoms. The van der Waals surface area contributed by atoms with Crippen LogP contribution in [0.25, 0.3) is 0 Å². The zero-order chi connectivity index (χ0) is 15.0. The Morgan fingerprint density at radius 3 is 2.38 bits per heavy atom. The molecule has 1 aliphatic rings. The van der Waals surface area contributed by atoms with E-state index >= 15 is 0 Å². The second-order valence-electron chi connectivity index (χ2n) is 6.12. The molecule has 2 aromatic rings. The van der Waals surface area contributed by atoms with Gasteiger partial charge in [0.15, 0.2) is 5.78 Å². The number of Topliss-reactive ketones (excluding diaryl/α,β-unsaturated/α-hetero) is 1. The molecule has 1 saturated carbocycles. The molecule has 110 valence electrons. The molecule has 0 atom stereocenters. The molecule has 3 nitrogen and oxygen atoms in total. The third-order valence-electron chi connectivity index (χ3n) is 4.81. The normalized spacial score (nSPS) is 15.0. The zero-order valence-electron chi connectivity index (χ0n) is 13.0. The van der Waals surface area contributed by atoms with Crippen LogP contribution in [0.2, 0.25) is 0 Å². The van der Waals surface area contributed by atoms with E-state index in [-0.39, 0.29) is 5.78 Å². The predicted octanol–water partition coefficient (Wildman–Crippen LogP) is 3.73. The summed E-state index contributed by atoms with van der Waals surface area (Å²) in [6.45, 7) is 3.98. The summed E-state index contributed by atoms with van der Waals surface area (Å²) >= 11 is 0. The van der Waals surface area contributed by atoms with Crippen LogP contribution >= 0.6 is 0 Å². The van der Waals surface area contributed by atoms with Gasteiger partial charge >= 0.3 is 0 Å². The molecular formula is C18H22N2O. The maximum absolute atomic E-state index is 12.5. The molecule has 1 aliphatic carbocycles. The van der Waals surface area contributed by atoms with Crippen molar-refractivity contribution >= 4 is 5.78 Å². The van der Waals surface area contributed by atoms with E-state index in [4.69, 9.17) is 0 Å². The highest BCUT2D eigenvalue weighted by atomic mass is 16.1. The highest BCUT2D eigenvalue weighted by molar-refractivity contribution is 5.97. The van der Waals surface area contributed by atoms with E-state index in [1.807, 2.05) is 37.7 Å². The quantitative estimate of drug-likeness (QED) is 0.801. The summed E-state index contributed by atoms with van der Waals surface area (Å²) in [5.74, 6) is 0.895. The number of carbonyl (C=O) groups excluding carboxylic acids is 1. The number of ketones is 1. The molecule has 1 aromatic carbocycles. The first kappa shape index (κ1) is 14.1. The summed E-state index contributed by atoms with van der Waals surface area (Å²) in [6, 6.07) is 8.22. The van der Waals surface area contributed by atoms with Crippen molar-refractivity contribution in [3.63, 3.8) is 0 Å². The summed E-state index contributed by atoms with van der Waals surface area (Å²) in [4.78, 5) is 12.5. The van der Waals surface area contributed by atoms with E-state index in [2.05, 4.69) is 17.2 Å². The van der Waals surface area contributed by atoms with Gasteiger partial charge in [0.1, 0.15) is 0 Å². The zero-order valence-corrected chi connectivity index (χ0v) is 13.0. The number of hydrogen-bond acceptors (Lipinski definition) is 2. The van der Waals surface area contributed by atoms with Gasteiger partial charge in [-0.25, -0.2) is 0 Å². The Morgan fingerprint density at radius 2 is 1.90 bits per heavy atom. The van der Waals surface area contributed by atoms with Crippen LogP contribution < -0.4 is 0 Å². The molecule has 0 radical (unpaired) electrons. The molecule has 1 aromatic heterocycles. The Morgan fingerprint density at radius 1 is 1.24 bits per heavy atom. The minimum Gasteiger partial charge on any atom is -0.294 e. The fraction of sp³-hybridized carbons (Fsp3) is 0.444. The highest BCUT2D eigenvalue weighted by Gasteiger charge is 2.20. The van der Waals surface area contributed by atoms with Gasteiger partial charge < -0.3 is 0 Å². The van der Waals surface area contributed by atoms with Gasteiger partial charge in [-0.1, -0.05) is 30.7 Å². The number of rotatable bonds is 4. The van der Waals surface area contributed by atoms with Crippen LogP contribution in [-0.2, 0) is 13.5 Å². The number of benzene rings is 1. The molecule has 1 heterocycles. The summed E-state index contributed by atoms with van der Waals surface area (Å²) < 4.78 is 1.84. The first-order valence-electron chi connectivity index (χ1n) is 7.68. The number of aryl methyl sites for hydroxylation is 2. The molecule has 3 heteroatoms. The lowest BCUT2D eigenvalue weighted by atomic mass is 9.80. The fourth-order valence-electron chi connectivity index (χ4n) is 3.02. The topological polar surface area (TPSA) is 34.9 Å². The molecule has 1 fully saturated rings. The Balaban J connectivity index is 1.75. The largest absolute Gasteiger partial charge is 0.294 e. The number of nitrogens with zero attached hydrogens (tertiary/aromatic N) is 2. The molecule has 3 rings (SSSR count). The van der Waals surface area contributed by atoms with Crippen molar-refractivity contribution in [2.24, 2.45) is 7.05 Å². The van der Waals surface area contributed by atoms with Gasteiger partial charge in [-0.3, -0.25) is 9.48 Å². The smallest absolute Gasteiger partial charge is 0.167 e. The van der Waals surface area contributed by atoms with Gasteiger partial charge in [0.05, 0.1) is 5.69 Å². The van der Waals surface area contributed by atoms with Gasteiger partial charge in [-0.05, 0) is 38.2 Å². The van der Waals surface area contributed by atoms with Crippen LogP contribution in [0.1, 0.15) is 58.1 Å². The van der Waals surface area contributed by atoms with Crippen LogP contribution in [0.5, 0.6) is 0 Å². The van der Waals surface area contributed by atoms with Crippen LogP contribution in [0.4, 0.5) is 0 Å². The maximum atomic E-state index is 12.5. The average molecular weight is 282 g/mol. The van der Waals surface area contributed by atoms with Crippen molar-refractivity contribution in [3.8, 4) is 0 Å². The number of aromatic nitrogens is 2. The SMILES string of the molecule is Cc1nn(C)c(C)c1CC(=O)c1ccc(C2CCC2)cc1. The molecule has 0 aliphatic heterocycles. The fourth-order valence-corrected chi connectivity index (χ4v) is 3.02. The Kier molecular flexibility index (Phi) is 3.66. The molecule has 0 N–H and O–H groups in total. The maximum Gasteiger partial charge on any atom is 0.167 e. The van der Waals surface area contributed by atoms with Gasteiger partial charge in [-0.15, -0.1) is 0 Å². The van der Waals surface area contributed by atoms with Crippen LogP contribution in [0, 0.1) is 13.8 Å². The summed E-state index contributed by atoms with van der Waals surface area (Å²) in [5.41, 5.74) is 5.28. The first-order chi connectivity index (χ1) is 10.1. The molecule has 0 amide bonds. The lowest BCUT2D eigenvalue weighted by Gasteiger charge is -2.25. The molecule has 0 saturated heterocycles. The van der Waals surface area contributed by atoms with Gasteiger partial charge in [0.25, 0.3) is 0 Å². The van der Waals surface area contributed by atoms with E-state index in [1.165, 1.54) is 24.8 Å². The van der Waals surface area contributed by atoms with E-state index in [9.17, 15) is 4.79 Å². The third kappa shape index (κ3) is 2.65. The monoisotopic (exact) mass is 282 g/mol. The molecular weight excluding hydrogens is 260 g/mol. The van der Waals surface area contributed by atoms with E-state index in [1.54, 1.807) is 0 Å². The molecule has 0 spiro atoms. The Hall–Kier alpha value is -1.90. The lowest BCUT2D eigenvalue weighted by Crippen LogP contribution is -2.10. The highest BCUT2D eigenvalue weighted by Crippen LogP contribution is 2.36. The minimum atomic E-state index is 0.175. The second kappa shape index (κ2) is 5.47. The molecule has 21 heavy (non-hydrogen) atoms. The van der Waals surface area contributed by atoms with E-state index in [0.717, 1.165) is 28.4 Å². The lowest BCUT2D eigenvalue weighted by molar-refractivity contribution is 0.0992. The minimum absolute atomic E-state index is 0.175. The van der Waals surface area contributed by atoms with Crippen LogP contribution in [0.3, 0.4) is 0 Å². The van der Waals surface area contributed by atoms with Gasteiger partial charge in [-0.2, -0.15) is 5.10 Å². The summed E-state index contributed by atoms with van der Waals surface area (Å²) in [6.07, 6.45) is 4.36. The van der Waals surface area contributed by atoms with Crippen molar-refractivity contribution < 1.29 is 4.79 Å². The number of carbonyl (C=O) groups is 1. The van der Waals surface area contributed by atoms with Crippen molar-refractivity contribution in [2.45, 2.75) is 45.4 Å². The van der Waals surface area contributed by atoms with E-state index in [0.29, 0.717) is 6.42 Å². The van der Waals surface area contributed by atoms with Crippen molar-refractivity contribution in [3.05, 3.63) is 52.3 Å². The standard InChI is InChI=1S/C18H22N2O/c1-12-17(13(2)20(3)19-12)11-18(21)16-9-7-15(8-10-16)14-5-4-6-14/h7-10,14H,4-6,11H2,1-3H3. The Labute approximate surface area is 126 Å². The van der Waals surface area contributed by atoms with Crippen molar-refractivity contribution in [2.75, 3.05) is 0 Å².